The fraction of sp³-hybridized carbons (Fsp3) is 0.360. The van der Waals surface area contributed by atoms with Crippen LogP contribution in [0, 0.1) is 0 Å². The minimum absolute atomic E-state index is 0.0180. The lowest BCUT2D eigenvalue weighted by Crippen LogP contribution is -2.31. The molecule has 32 heavy (non-hydrogen) atoms. The van der Waals surface area contributed by atoms with Crippen molar-refractivity contribution in [2.24, 2.45) is 0 Å². The summed E-state index contributed by atoms with van der Waals surface area (Å²) < 4.78 is 6.82. The normalized spacial score (nSPS) is 11.8. The number of aryl methyl sites for hydroxylation is 2. The molecule has 1 atom stereocenters. The molecule has 168 valence electrons. The van der Waals surface area contributed by atoms with Crippen molar-refractivity contribution < 1.29 is 14.3 Å². The van der Waals surface area contributed by atoms with E-state index in [4.69, 9.17) is 4.74 Å². The van der Waals surface area contributed by atoms with Gasteiger partial charge in [0.15, 0.2) is 6.61 Å². The van der Waals surface area contributed by atoms with Crippen LogP contribution in [0.25, 0.3) is 11.0 Å². The molecular formula is C25H29N3O4. The van der Waals surface area contributed by atoms with Gasteiger partial charge in [-0.2, -0.15) is 0 Å². The smallest absolute Gasteiger partial charge is 0.306 e. The first-order valence-corrected chi connectivity index (χ1v) is 11.0. The van der Waals surface area contributed by atoms with Gasteiger partial charge in [-0.05, 0) is 31.0 Å². The third-order valence-electron chi connectivity index (χ3n) is 5.26. The second kappa shape index (κ2) is 11.2. The molecule has 1 heterocycles. The van der Waals surface area contributed by atoms with Crippen LogP contribution in [-0.4, -0.2) is 28.0 Å². The van der Waals surface area contributed by atoms with E-state index in [1.54, 1.807) is 4.57 Å². The Morgan fingerprint density at radius 3 is 2.56 bits per heavy atom. The number of nitrogens with one attached hydrogen (secondary N) is 1. The molecule has 0 aliphatic heterocycles. The number of esters is 1. The summed E-state index contributed by atoms with van der Waals surface area (Å²) in [6.45, 7) is 4.18. The number of ether oxygens (including phenoxy) is 1. The van der Waals surface area contributed by atoms with Crippen molar-refractivity contribution >= 4 is 22.9 Å². The Balaban J connectivity index is 1.57. The van der Waals surface area contributed by atoms with Crippen molar-refractivity contribution in [3.8, 4) is 0 Å². The van der Waals surface area contributed by atoms with Gasteiger partial charge < -0.3 is 14.6 Å². The SMILES string of the molecule is CCCCn1c(=O)c(CCC(=O)OCC(=O)N[C@H](C)c2ccccc2)nc2ccccc21. The maximum Gasteiger partial charge on any atom is 0.306 e. The van der Waals surface area contributed by atoms with Gasteiger partial charge in [0.1, 0.15) is 5.69 Å². The van der Waals surface area contributed by atoms with E-state index in [9.17, 15) is 14.4 Å². The highest BCUT2D eigenvalue weighted by molar-refractivity contribution is 5.81. The Kier molecular flexibility index (Phi) is 8.14. The van der Waals surface area contributed by atoms with Gasteiger partial charge >= 0.3 is 5.97 Å². The quantitative estimate of drug-likeness (QED) is 0.492. The Morgan fingerprint density at radius 1 is 1.09 bits per heavy atom. The molecule has 1 aromatic heterocycles. The molecule has 3 rings (SSSR count). The van der Waals surface area contributed by atoms with Crippen molar-refractivity contribution in [2.75, 3.05) is 6.61 Å². The number of fused-ring (bicyclic) bond motifs is 1. The summed E-state index contributed by atoms with van der Waals surface area (Å²) in [6.07, 6.45) is 1.99. The molecule has 0 spiro atoms. The molecule has 0 unspecified atom stereocenters. The van der Waals surface area contributed by atoms with Gasteiger partial charge in [0, 0.05) is 13.0 Å². The first-order chi connectivity index (χ1) is 15.5. The number of carbonyl (C=O) groups is 2. The molecule has 0 aliphatic rings. The second-order valence-electron chi connectivity index (χ2n) is 7.72. The molecule has 1 N–H and O–H groups in total. The minimum Gasteiger partial charge on any atom is -0.456 e. The molecule has 1 amide bonds. The Morgan fingerprint density at radius 2 is 1.81 bits per heavy atom. The van der Waals surface area contributed by atoms with E-state index in [1.807, 2.05) is 61.5 Å². The molecule has 7 heteroatoms. The Hall–Kier alpha value is -3.48. The van der Waals surface area contributed by atoms with Crippen LogP contribution in [0.3, 0.4) is 0 Å². The second-order valence-corrected chi connectivity index (χ2v) is 7.72. The molecule has 3 aromatic rings. The lowest BCUT2D eigenvalue weighted by atomic mass is 10.1. The van der Waals surface area contributed by atoms with Crippen molar-refractivity contribution in [3.05, 3.63) is 76.2 Å². The third kappa shape index (κ3) is 6.03. The summed E-state index contributed by atoms with van der Waals surface area (Å²) in [5, 5.41) is 2.80. The molecular weight excluding hydrogens is 406 g/mol. The first-order valence-electron chi connectivity index (χ1n) is 11.0. The molecule has 0 radical (unpaired) electrons. The average Bonchev–Trinajstić information content (AvgIpc) is 2.81. The van der Waals surface area contributed by atoms with E-state index in [1.165, 1.54) is 0 Å². The minimum atomic E-state index is -0.540. The van der Waals surface area contributed by atoms with Crippen LogP contribution in [0.1, 0.15) is 50.4 Å². The molecule has 0 saturated heterocycles. The highest BCUT2D eigenvalue weighted by Gasteiger charge is 2.15. The Bertz CT molecular complexity index is 1120. The number of amides is 1. The summed E-state index contributed by atoms with van der Waals surface area (Å²) in [6, 6.07) is 16.8. The lowest BCUT2D eigenvalue weighted by molar-refractivity contribution is -0.148. The summed E-state index contributed by atoms with van der Waals surface area (Å²) >= 11 is 0. The number of para-hydroxylation sites is 2. The van der Waals surface area contributed by atoms with Crippen molar-refractivity contribution in [2.45, 2.75) is 52.1 Å². The van der Waals surface area contributed by atoms with E-state index in [-0.39, 0.29) is 37.0 Å². The van der Waals surface area contributed by atoms with E-state index >= 15 is 0 Å². The van der Waals surface area contributed by atoms with Crippen LogP contribution >= 0.6 is 0 Å². The van der Waals surface area contributed by atoms with Gasteiger partial charge in [-0.15, -0.1) is 0 Å². The molecule has 0 fully saturated rings. The molecule has 0 bridgehead atoms. The zero-order valence-electron chi connectivity index (χ0n) is 18.5. The van der Waals surface area contributed by atoms with Gasteiger partial charge in [0.05, 0.1) is 23.5 Å². The Labute approximate surface area is 187 Å². The van der Waals surface area contributed by atoms with Crippen LogP contribution < -0.4 is 10.9 Å². The number of nitrogens with zero attached hydrogens (tertiary/aromatic N) is 2. The first kappa shape index (κ1) is 23.2. The molecule has 0 saturated carbocycles. The maximum atomic E-state index is 12.9. The molecule has 0 aliphatic carbocycles. The van der Waals surface area contributed by atoms with E-state index in [0.717, 1.165) is 29.4 Å². The van der Waals surface area contributed by atoms with Crippen LogP contribution in [0.4, 0.5) is 0 Å². The number of hydrogen-bond acceptors (Lipinski definition) is 5. The van der Waals surface area contributed by atoms with Crippen LogP contribution in [0.5, 0.6) is 0 Å². The topological polar surface area (TPSA) is 90.3 Å². The number of unbranched alkanes of at least 4 members (excludes halogenated alkanes) is 1. The van der Waals surface area contributed by atoms with E-state index in [2.05, 4.69) is 17.2 Å². The summed E-state index contributed by atoms with van der Waals surface area (Å²) in [5.41, 5.74) is 2.63. The highest BCUT2D eigenvalue weighted by atomic mass is 16.5. The number of carbonyl (C=O) groups excluding carboxylic acids is 2. The molecule has 2 aromatic carbocycles. The van der Waals surface area contributed by atoms with E-state index in [0.29, 0.717) is 12.2 Å². The van der Waals surface area contributed by atoms with Gasteiger partial charge in [0.25, 0.3) is 11.5 Å². The summed E-state index contributed by atoms with van der Waals surface area (Å²) in [4.78, 5) is 41.6. The fourth-order valence-electron chi connectivity index (χ4n) is 3.49. The third-order valence-corrected chi connectivity index (χ3v) is 5.26. The number of hydrogen-bond donors (Lipinski definition) is 1. The van der Waals surface area contributed by atoms with Crippen molar-refractivity contribution in [3.63, 3.8) is 0 Å². The van der Waals surface area contributed by atoms with Crippen molar-refractivity contribution in [1.82, 2.24) is 14.9 Å². The zero-order chi connectivity index (χ0) is 22.9. The van der Waals surface area contributed by atoms with Gasteiger partial charge in [-0.1, -0.05) is 55.8 Å². The van der Waals surface area contributed by atoms with Gasteiger partial charge in [-0.3, -0.25) is 14.4 Å². The standard InChI is InChI=1S/C25H29N3O4/c1-3-4-16-28-22-13-9-8-12-20(22)27-21(25(28)31)14-15-24(30)32-17-23(29)26-18(2)19-10-6-5-7-11-19/h5-13,18H,3-4,14-17H2,1-2H3,(H,26,29)/t18-/m1/s1. The number of aromatic nitrogens is 2. The number of rotatable bonds is 10. The lowest BCUT2D eigenvalue weighted by Gasteiger charge is -2.14. The van der Waals surface area contributed by atoms with Crippen LogP contribution in [0.2, 0.25) is 0 Å². The zero-order valence-corrected chi connectivity index (χ0v) is 18.5. The van der Waals surface area contributed by atoms with Crippen molar-refractivity contribution in [1.29, 1.82) is 0 Å². The van der Waals surface area contributed by atoms with E-state index < -0.39 is 5.97 Å². The monoisotopic (exact) mass is 435 g/mol. The van der Waals surface area contributed by atoms with Gasteiger partial charge in [-0.25, -0.2) is 4.98 Å². The predicted molar refractivity (Wildman–Crippen MR) is 123 cm³/mol. The number of benzene rings is 2. The molecule has 7 nitrogen and oxygen atoms in total. The largest absolute Gasteiger partial charge is 0.456 e. The van der Waals surface area contributed by atoms with Gasteiger partial charge in [0.2, 0.25) is 0 Å². The fourth-order valence-corrected chi connectivity index (χ4v) is 3.49. The predicted octanol–water partition coefficient (Wildman–Crippen LogP) is 3.55. The summed E-state index contributed by atoms with van der Waals surface area (Å²) in [7, 11) is 0. The van der Waals surface area contributed by atoms with Crippen LogP contribution in [0.15, 0.2) is 59.4 Å². The highest BCUT2D eigenvalue weighted by Crippen LogP contribution is 2.12. The average molecular weight is 436 g/mol. The maximum absolute atomic E-state index is 12.9. The van der Waals surface area contributed by atoms with Crippen LogP contribution in [-0.2, 0) is 27.3 Å². The summed E-state index contributed by atoms with van der Waals surface area (Å²) in [5.74, 6) is -0.914.